The normalized spacial score (nSPS) is 14.7. The van der Waals surface area contributed by atoms with E-state index < -0.39 is 0 Å². The van der Waals surface area contributed by atoms with Gasteiger partial charge in [0, 0.05) is 30.4 Å². The van der Waals surface area contributed by atoms with Gasteiger partial charge >= 0.3 is 0 Å². The highest BCUT2D eigenvalue weighted by atomic mass is 15.3. The van der Waals surface area contributed by atoms with Gasteiger partial charge in [-0.1, -0.05) is 32.6 Å². The molecule has 0 amide bonds. The van der Waals surface area contributed by atoms with Crippen LogP contribution in [0, 0.1) is 6.92 Å². The molecule has 0 radical (unpaired) electrons. The summed E-state index contributed by atoms with van der Waals surface area (Å²) in [5, 5.41) is 7.98. The van der Waals surface area contributed by atoms with Crippen LogP contribution in [0.15, 0.2) is 6.20 Å². The van der Waals surface area contributed by atoms with Crippen molar-refractivity contribution in [2.45, 2.75) is 71.9 Å². The van der Waals surface area contributed by atoms with Crippen LogP contribution in [0.1, 0.15) is 70.2 Å². The van der Waals surface area contributed by atoms with Gasteiger partial charge in [0.25, 0.3) is 0 Å². The first-order chi connectivity index (χ1) is 8.56. The zero-order valence-corrected chi connectivity index (χ0v) is 12.7. The minimum absolute atomic E-state index is 0.389. The second-order valence-corrected chi connectivity index (χ2v) is 5.45. The smallest absolute Gasteiger partial charge is 0.0540 e. The molecule has 0 aliphatic heterocycles. The molecule has 2 atom stereocenters. The van der Waals surface area contributed by atoms with Crippen LogP contribution in [0.4, 0.5) is 0 Å². The summed E-state index contributed by atoms with van der Waals surface area (Å²) in [6.07, 6.45) is 8.63. The van der Waals surface area contributed by atoms with E-state index in [-0.39, 0.29) is 0 Å². The topological polar surface area (TPSA) is 29.9 Å². The molecule has 0 aromatic carbocycles. The van der Waals surface area contributed by atoms with Crippen LogP contribution in [-0.2, 0) is 7.05 Å². The van der Waals surface area contributed by atoms with E-state index >= 15 is 0 Å². The molecule has 0 saturated carbocycles. The van der Waals surface area contributed by atoms with Gasteiger partial charge in [0.15, 0.2) is 0 Å². The van der Waals surface area contributed by atoms with E-state index in [4.69, 9.17) is 0 Å². The summed E-state index contributed by atoms with van der Waals surface area (Å²) in [5.74, 6) is 0. The van der Waals surface area contributed by atoms with E-state index in [9.17, 15) is 0 Å². The van der Waals surface area contributed by atoms with Crippen molar-refractivity contribution in [2.24, 2.45) is 7.05 Å². The Bertz CT molecular complexity index is 344. The number of aryl methyl sites for hydroxylation is 1. The molecule has 1 rings (SSSR count). The lowest BCUT2D eigenvalue weighted by Crippen LogP contribution is -2.29. The highest BCUT2D eigenvalue weighted by molar-refractivity contribution is 5.19. The van der Waals surface area contributed by atoms with Crippen LogP contribution in [0.25, 0.3) is 0 Å². The first-order valence-corrected chi connectivity index (χ1v) is 7.30. The van der Waals surface area contributed by atoms with Gasteiger partial charge in [0.1, 0.15) is 0 Å². The molecular weight excluding hydrogens is 222 g/mol. The number of rotatable bonds is 8. The van der Waals surface area contributed by atoms with E-state index in [0.717, 1.165) is 0 Å². The summed E-state index contributed by atoms with van der Waals surface area (Å²) in [4.78, 5) is 0. The largest absolute Gasteiger partial charge is 0.308 e. The molecule has 1 heterocycles. The SMILES string of the molecule is CCCCCCC(C)NC(C)c1cnn(C)c1C. The zero-order chi connectivity index (χ0) is 13.5. The molecule has 18 heavy (non-hydrogen) atoms. The quantitative estimate of drug-likeness (QED) is 0.713. The molecule has 1 N–H and O–H groups in total. The third-order valence-electron chi connectivity index (χ3n) is 3.76. The van der Waals surface area contributed by atoms with Gasteiger partial charge in [0.2, 0.25) is 0 Å². The highest BCUT2D eigenvalue weighted by Gasteiger charge is 2.13. The fraction of sp³-hybridized carbons (Fsp3) is 0.800. The maximum absolute atomic E-state index is 4.31. The van der Waals surface area contributed by atoms with Crippen molar-refractivity contribution < 1.29 is 0 Å². The molecule has 2 unspecified atom stereocenters. The van der Waals surface area contributed by atoms with Gasteiger partial charge in [0.05, 0.1) is 6.20 Å². The maximum Gasteiger partial charge on any atom is 0.0540 e. The van der Waals surface area contributed by atoms with Crippen molar-refractivity contribution in [3.63, 3.8) is 0 Å². The van der Waals surface area contributed by atoms with Gasteiger partial charge in [-0.2, -0.15) is 5.10 Å². The Morgan fingerprint density at radius 2 is 2.00 bits per heavy atom. The van der Waals surface area contributed by atoms with E-state index in [1.807, 2.05) is 17.9 Å². The highest BCUT2D eigenvalue weighted by Crippen LogP contribution is 2.17. The second kappa shape index (κ2) is 7.57. The van der Waals surface area contributed by atoms with Gasteiger partial charge in [-0.15, -0.1) is 0 Å². The monoisotopic (exact) mass is 251 g/mol. The summed E-state index contributed by atoms with van der Waals surface area (Å²) in [5.41, 5.74) is 2.58. The van der Waals surface area contributed by atoms with Crippen molar-refractivity contribution in [2.75, 3.05) is 0 Å². The van der Waals surface area contributed by atoms with E-state index in [0.29, 0.717) is 12.1 Å². The average molecular weight is 251 g/mol. The van der Waals surface area contributed by atoms with Crippen LogP contribution in [-0.4, -0.2) is 15.8 Å². The molecule has 0 aliphatic rings. The molecule has 1 aromatic heterocycles. The van der Waals surface area contributed by atoms with Crippen molar-refractivity contribution in [3.8, 4) is 0 Å². The fourth-order valence-corrected chi connectivity index (χ4v) is 2.42. The molecule has 3 nitrogen and oxygen atoms in total. The van der Waals surface area contributed by atoms with Crippen LogP contribution < -0.4 is 5.32 Å². The lowest BCUT2D eigenvalue weighted by Gasteiger charge is -2.20. The van der Waals surface area contributed by atoms with Gasteiger partial charge < -0.3 is 5.32 Å². The summed E-state index contributed by atoms with van der Waals surface area (Å²) in [7, 11) is 2.00. The standard InChI is InChI=1S/C15H29N3/c1-6-7-8-9-10-12(2)17-13(3)15-11-16-18(5)14(15)4/h11-13,17H,6-10H2,1-5H3. The number of aromatic nitrogens is 2. The third kappa shape index (κ3) is 4.45. The van der Waals surface area contributed by atoms with Crippen molar-refractivity contribution >= 4 is 0 Å². The van der Waals surface area contributed by atoms with Crippen LogP contribution >= 0.6 is 0 Å². The molecule has 104 valence electrons. The van der Waals surface area contributed by atoms with Gasteiger partial charge in [-0.25, -0.2) is 0 Å². The Hall–Kier alpha value is -0.830. The fourth-order valence-electron chi connectivity index (χ4n) is 2.42. The number of nitrogens with zero attached hydrogens (tertiary/aromatic N) is 2. The van der Waals surface area contributed by atoms with E-state index in [1.54, 1.807) is 0 Å². The van der Waals surface area contributed by atoms with Crippen LogP contribution in [0.3, 0.4) is 0 Å². The van der Waals surface area contributed by atoms with Gasteiger partial charge in [-0.3, -0.25) is 4.68 Å². The summed E-state index contributed by atoms with van der Waals surface area (Å²) in [6, 6.07) is 0.969. The first-order valence-electron chi connectivity index (χ1n) is 7.30. The Morgan fingerprint density at radius 1 is 1.28 bits per heavy atom. The number of hydrogen-bond donors (Lipinski definition) is 1. The number of hydrogen-bond acceptors (Lipinski definition) is 2. The summed E-state index contributed by atoms with van der Waals surface area (Å²) >= 11 is 0. The first kappa shape index (κ1) is 15.2. The third-order valence-corrected chi connectivity index (χ3v) is 3.76. The lowest BCUT2D eigenvalue weighted by atomic mass is 10.1. The van der Waals surface area contributed by atoms with Crippen LogP contribution in [0.2, 0.25) is 0 Å². The molecule has 1 aromatic rings. The van der Waals surface area contributed by atoms with E-state index in [2.05, 4.69) is 38.1 Å². The number of nitrogens with one attached hydrogen (secondary N) is 1. The van der Waals surface area contributed by atoms with Crippen LogP contribution in [0.5, 0.6) is 0 Å². The minimum atomic E-state index is 0.389. The Labute approximate surface area is 112 Å². The van der Waals surface area contributed by atoms with Crippen molar-refractivity contribution in [1.82, 2.24) is 15.1 Å². The average Bonchev–Trinajstić information content (AvgIpc) is 2.66. The molecule has 3 heteroatoms. The Morgan fingerprint density at radius 3 is 2.56 bits per heavy atom. The lowest BCUT2D eigenvalue weighted by molar-refractivity contribution is 0.436. The molecule has 0 aliphatic carbocycles. The van der Waals surface area contributed by atoms with E-state index in [1.165, 1.54) is 43.4 Å². The molecule has 0 fully saturated rings. The predicted molar refractivity (Wildman–Crippen MR) is 77.7 cm³/mol. The number of unbranched alkanes of at least 4 members (excludes halogenated alkanes) is 3. The zero-order valence-electron chi connectivity index (χ0n) is 12.7. The summed E-state index contributed by atoms with van der Waals surface area (Å²) in [6.45, 7) is 8.90. The maximum atomic E-state index is 4.31. The Balaban J connectivity index is 2.35. The molecule has 0 saturated heterocycles. The minimum Gasteiger partial charge on any atom is -0.308 e. The molecule has 0 spiro atoms. The summed E-state index contributed by atoms with van der Waals surface area (Å²) < 4.78 is 1.94. The molecular formula is C15H29N3. The Kier molecular flexibility index (Phi) is 6.41. The predicted octanol–water partition coefficient (Wildman–Crippen LogP) is 3.74. The van der Waals surface area contributed by atoms with Gasteiger partial charge in [-0.05, 0) is 27.2 Å². The van der Waals surface area contributed by atoms with Crippen molar-refractivity contribution in [1.29, 1.82) is 0 Å². The molecule has 0 bridgehead atoms. The second-order valence-electron chi connectivity index (χ2n) is 5.45. The van der Waals surface area contributed by atoms with Crippen molar-refractivity contribution in [3.05, 3.63) is 17.5 Å².